The molecule has 3 heteroatoms. The van der Waals surface area contributed by atoms with Gasteiger partial charge in [0.05, 0.1) is 5.52 Å². The Kier molecular flexibility index (Phi) is 2.87. The molecule has 2 aromatic rings. The minimum Gasteiger partial charge on any atom is -0.344 e. The highest BCUT2D eigenvalue weighted by atomic mass is 35.5. The summed E-state index contributed by atoms with van der Waals surface area (Å²) in [6.07, 6.45) is 3.40. The van der Waals surface area contributed by atoms with Crippen LogP contribution in [0.25, 0.3) is 10.9 Å². The average Bonchev–Trinajstić information content (AvgIpc) is 2.57. The van der Waals surface area contributed by atoms with Crippen LogP contribution in [0.5, 0.6) is 0 Å². The van der Waals surface area contributed by atoms with E-state index >= 15 is 0 Å². The third kappa shape index (κ3) is 1.69. The summed E-state index contributed by atoms with van der Waals surface area (Å²) in [7, 11) is 0. The van der Waals surface area contributed by atoms with Gasteiger partial charge in [0.15, 0.2) is 0 Å². The molecule has 0 unspecified atom stereocenters. The zero-order chi connectivity index (χ0) is 12.0. The Bertz CT molecular complexity index is 586. The fourth-order valence-electron chi connectivity index (χ4n) is 3.06. The molecule has 17 heavy (non-hydrogen) atoms. The highest BCUT2D eigenvalue weighted by Gasteiger charge is 2.19. The largest absolute Gasteiger partial charge is 0.344 e. The predicted octanol–water partition coefficient (Wildman–Crippen LogP) is 4.02. The van der Waals surface area contributed by atoms with Gasteiger partial charge in [-0.3, -0.25) is 0 Å². The Morgan fingerprint density at radius 3 is 3.00 bits per heavy atom. The lowest BCUT2D eigenvalue weighted by atomic mass is 10.0. The second-order valence-corrected chi connectivity index (χ2v) is 5.64. The summed E-state index contributed by atoms with van der Waals surface area (Å²) in [5.74, 6) is 0.891. The van der Waals surface area contributed by atoms with E-state index in [4.69, 9.17) is 11.6 Å². The van der Waals surface area contributed by atoms with Gasteiger partial charge in [-0.25, -0.2) is 0 Å². The molecule has 0 bridgehead atoms. The number of hydrogen-bond donors (Lipinski definition) is 1. The first-order valence-corrected chi connectivity index (χ1v) is 7.14. The van der Waals surface area contributed by atoms with Crippen LogP contribution in [0.2, 0.25) is 5.02 Å². The van der Waals surface area contributed by atoms with Crippen molar-refractivity contribution in [3.8, 4) is 0 Å². The first-order valence-electron chi connectivity index (χ1n) is 6.13. The van der Waals surface area contributed by atoms with Gasteiger partial charge < -0.3 is 4.57 Å². The highest BCUT2D eigenvalue weighted by Crippen LogP contribution is 2.35. The lowest BCUT2D eigenvalue weighted by molar-refractivity contribution is 0.621. The molecule has 1 aromatic carbocycles. The molecule has 0 aliphatic carbocycles. The molecule has 1 aliphatic rings. The number of hydrogen-bond acceptors (Lipinski definition) is 1. The monoisotopic (exact) mass is 265 g/mol. The summed E-state index contributed by atoms with van der Waals surface area (Å²) in [6.45, 7) is 3.37. The van der Waals surface area contributed by atoms with E-state index in [1.54, 1.807) is 0 Å². The summed E-state index contributed by atoms with van der Waals surface area (Å²) in [6, 6.07) is 4.25. The van der Waals surface area contributed by atoms with E-state index < -0.39 is 0 Å². The molecule has 0 atom stereocenters. The first kappa shape index (κ1) is 11.5. The van der Waals surface area contributed by atoms with Crippen LogP contribution >= 0.6 is 24.2 Å². The minimum absolute atomic E-state index is 0.868. The number of nitrogens with zero attached hydrogens (tertiary/aromatic N) is 1. The lowest BCUT2D eigenvalue weighted by Crippen LogP contribution is -2.08. The van der Waals surface area contributed by atoms with E-state index in [0.29, 0.717) is 0 Å². The van der Waals surface area contributed by atoms with Crippen molar-refractivity contribution in [1.29, 1.82) is 0 Å². The third-order valence-corrected chi connectivity index (χ3v) is 4.22. The number of aryl methyl sites for hydroxylation is 3. The smallest absolute Gasteiger partial charge is 0.0518 e. The van der Waals surface area contributed by atoms with Gasteiger partial charge in [-0.05, 0) is 55.2 Å². The quantitative estimate of drug-likeness (QED) is 0.783. The SMILES string of the molecule is Cc1c(CCS)c2cc(Cl)cc3c2n1CCC3. The van der Waals surface area contributed by atoms with Gasteiger partial charge in [0.2, 0.25) is 0 Å². The number of aromatic nitrogens is 1. The number of rotatable bonds is 2. The van der Waals surface area contributed by atoms with Crippen molar-refractivity contribution in [2.24, 2.45) is 0 Å². The Morgan fingerprint density at radius 2 is 2.24 bits per heavy atom. The van der Waals surface area contributed by atoms with Gasteiger partial charge in [0.25, 0.3) is 0 Å². The zero-order valence-corrected chi connectivity index (χ0v) is 11.6. The molecule has 1 aromatic heterocycles. The molecule has 0 spiro atoms. The molecule has 90 valence electrons. The van der Waals surface area contributed by atoms with E-state index in [9.17, 15) is 0 Å². The summed E-state index contributed by atoms with van der Waals surface area (Å²) >= 11 is 10.6. The average molecular weight is 266 g/mol. The Morgan fingerprint density at radius 1 is 1.41 bits per heavy atom. The van der Waals surface area contributed by atoms with Crippen molar-refractivity contribution in [1.82, 2.24) is 4.57 Å². The molecule has 0 radical (unpaired) electrons. The molecule has 0 amide bonds. The van der Waals surface area contributed by atoms with Gasteiger partial charge in [0.1, 0.15) is 0 Å². The van der Waals surface area contributed by atoms with Crippen LogP contribution in [-0.2, 0) is 19.4 Å². The summed E-state index contributed by atoms with van der Waals surface area (Å²) in [5.41, 5.74) is 5.65. The van der Waals surface area contributed by atoms with Gasteiger partial charge in [-0.2, -0.15) is 12.6 Å². The van der Waals surface area contributed by atoms with Crippen molar-refractivity contribution in [2.45, 2.75) is 32.7 Å². The second-order valence-electron chi connectivity index (χ2n) is 4.75. The van der Waals surface area contributed by atoms with Crippen LogP contribution in [0.3, 0.4) is 0 Å². The standard InChI is InChI=1S/C14H16ClNS/c1-9-12(4-6-17)13-8-11(15)7-10-3-2-5-16(9)14(10)13/h7-8,17H,2-6H2,1H3. The van der Waals surface area contributed by atoms with Crippen LogP contribution in [0.4, 0.5) is 0 Å². The van der Waals surface area contributed by atoms with Crippen LogP contribution in [-0.4, -0.2) is 10.3 Å². The molecule has 0 saturated heterocycles. The van der Waals surface area contributed by atoms with Crippen LogP contribution < -0.4 is 0 Å². The molecule has 0 saturated carbocycles. The highest BCUT2D eigenvalue weighted by molar-refractivity contribution is 7.80. The van der Waals surface area contributed by atoms with E-state index in [2.05, 4.69) is 36.3 Å². The van der Waals surface area contributed by atoms with E-state index in [-0.39, 0.29) is 0 Å². The molecule has 0 fully saturated rings. The Balaban J connectivity index is 2.39. The fraction of sp³-hybridized carbons (Fsp3) is 0.429. The van der Waals surface area contributed by atoms with Crippen molar-refractivity contribution in [3.63, 3.8) is 0 Å². The van der Waals surface area contributed by atoms with Gasteiger partial charge in [-0.1, -0.05) is 11.6 Å². The number of thiol groups is 1. The van der Waals surface area contributed by atoms with Gasteiger partial charge in [-0.15, -0.1) is 0 Å². The molecule has 3 rings (SSSR count). The van der Waals surface area contributed by atoms with Crippen molar-refractivity contribution < 1.29 is 0 Å². The summed E-state index contributed by atoms with van der Waals surface area (Å²) in [4.78, 5) is 0. The number of halogens is 1. The normalized spacial score (nSPS) is 14.5. The predicted molar refractivity (Wildman–Crippen MR) is 77.6 cm³/mol. The van der Waals surface area contributed by atoms with Gasteiger partial charge >= 0.3 is 0 Å². The Hall–Kier alpha value is -0.600. The first-order chi connectivity index (χ1) is 8.22. The molecular weight excluding hydrogens is 250 g/mol. The minimum atomic E-state index is 0.868. The van der Waals surface area contributed by atoms with Gasteiger partial charge in [0, 0.05) is 22.6 Å². The molecular formula is C14H16ClNS. The molecule has 0 N–H and O–H groups in total. The van der Waals surface area contributed by atoms with Crippen molar-refractivity contribution in [2.75, 3.05) is 5.75 Å². The maximum atomic E-state index is 6.23. The molecule has 2 heterocycles. The van der Waals surface area contributed by atoms with E-state index in [0.717, 1.165) is 30.2 Å². The molecule has 1 nitrogen and oxygen atoms in total. The maximum absolute atomic E-state index is 6.23. The zero-order valence-electron chi connectivity index (χ0n) is 9.96. The van der Waals surface area contributed by atoms with Crippen LogP contribution in [0.1, 0.15) is 23.2 Å². The number of benzene rings is 1. The van der Waals surface area contributed by atoms with Crippen LogP contribution in [0.15, 0.2) is 12.1 Å². The summed E-state index contributed by atoms with van der Waals surface area (Å²) < 4.78 is 2.46. The second kappa shape index (κ2) is 4.25. The van der Waals surface area contributed by atoms with Crippen LogP contribution in [0, 0.1) is 6.92 Å². The third-order valence-electron chi connectivity index (χ3n) is 3.78. The van der Waals surface area contributed by atoms with Crippen molar-refractivity contribution in [3.05, 3.63) is 34.0 Å². The maximum Gasteiger partial charge on any atom is 0.0518 e. The lowest BCUT2D eigenvalue weighted by Gasteiger charge is -2.17. The topological polar surface area (TPSA) is 4.93 Å². The van der Waals surface area contributed by atoms with E-state index in [1.165, 1.54) is 34.1 Å². The summed E-state index contributed by atoms with van der Waals surface area (Å²) in [5, 5.41) is 2.21. The van der Waals surface area contributed by atoms with Crippen molar-refractivity contribution >= 4 is 35.1 Å². The van der Waals surface area contributed by atoms with E-state index in [1.807, 2.05) is 0 Å². The molecule has 1 aliphatic heterocycles. The Labute approximate surface area is 112 Å². The fourth-order valence-corrected chi connectivity index (χ4v) is 3.52.